The normalized spacial score (nSPS) is 25.3. The molecule has 2 atom stereocenters. The van der Waals surface area contributed by atoms with Crippen LogP contribution in [0.3, 0.4) is 0 Å². The van der Waals surface area contributed by atoms with E-state index in [-0.39, 0.29) is 6.42 Å². The molecule has 1 aliphatic rings. The number of rotatable bonds is 1. The fourth-order valence-electron chi connectivity index (χ4n) is 1.99. The van der Waals surface area contributed by atoms with Crippen LogP contribution in [0.15, 0.2) is 0 Å². The lowest BCUT2D eigenvalue weighted by atomic mass is 9.94. The van der Waals surface area contributed by atoms with Crippen LogP contribution in [0, 0.1) is 0 Å². The number of piperidine rings is 1. The fraction of sp³-hybridized carbons (Fsp3) is 0.778. The molecule has 0 radical (unpaired) electrons. The number of nitrogens with zero attached hydrogens (tertiary/aromatic N) is 1. The maximum atomic E-state index is 12.6. The number of carbonyl (C=O) groups excluding carboxylic acids is 1. The first-order valence-corrected chi connectivity index (χ1v) is 5.15. The van der Waals surface area contributed by atoms with Gasteiger partial charge in [-0.25, -0.2) is 4.79 Å². The molecule has 0 saturated carbocycles. The van der Waals surface area contributed by atoms with E-state index in [0.717, 1.165) is 0 Å². The number of amides is 1. The molecule has 0 unspecified atom stereocenters. The van der Waals surface area contributed by atoms with Crippen LogP contribution >= 0.6 is 0 Å². The maximum Gasteiger partial charge on any atom is 0.471 e. The Kier molecular flexibility index (Phi) is 4.01. The van der Waals surface area contributed by atoms with E-state index in [9.17, 15) is 35.9 Å². The van der Waals surface area contributed by atoms with Crippen molar-refractivity contribution in [3.63, 3.8) is 0 Å². The summed E-state index contributed by atoms with van der Waals surface area (Å²) in [5.41, 5.74) is 0. The van der Waals surface area contributed by atoms with Crippen LogP contribution in [-0.4, -0.2) is 46.3 Å². The lowest BCUT2D eigenvalue weighted by Crippen LogP contribution is -2.61. The summed E-state index contributed by atoms with van der Waals surface area (Å²) >= 11 is 0. The van der Waals surface area contributed by atoms with Crippen LogP contribution in [0.25, 0.3) is 0 Å². The summed E-state index contributed by atoms with van der Waals surface area (Å²) in [5, 5.41) is 8.68. The molecule has 1 amide bonds. The molecule has 0 aromatic rings. The van der Waals surface area contributed by atoms with E-state index in [0.29, 0.717) is 0 Å². The second kappa shape index (κ2) is 4.89. The molecule has 110 valence electrons. The highest BCUT2D eigenvalue weighted by molar-refractivity contribution is 5.87. The lowest BCUT2D eigenvalue weighted by Gasteiger charge is -2.40. The predicted octanol–water partition coefficient (Wildman–Crippen LogP) is 1.95. The van der Waals surface area contributed by atoms with Gasteiger partial charge < -0.3 is 10.0 Å². The number of carboxylic acids is 1. The van der Waals surface area contributed by atoms with Gasteiger partial charge in [0.2, 0.25) is 0 Å². The van der Waals surface area contributed by atoms with Crippen molar-refractivity contribution in [2.45, 2.75) is 43.7 Å². The first kappa shape index (κ1) is 15.6. The van der Waals surface area contributed by atoms with Gasteiger partial charge in [-0.05, 0) is 19.3 Å². The molecule has 1 N–H and O–H groups in total. The third-order valence-corrected chi connectivity index (χ3v) is 2.77. The summed E-state index contributed by atoms with van der Waals surface area (Å²) in [6.07, 6.45) is -12.1. The molecule has 0 aliphatic carbocycles. The third-order valence-electron chi connectivity index (χ3n) is 2.77. The number of carbonyl (C=O) groups is 2. The summed E-state index contributed by atoms with van der Waals surface area (Å²) in [6, 6.07) is -4.84. The molecule has 4 nitrogen and oxygen atoms in total. The van der Waals surface area contributed by atoms with E-state index < -0.39 is 54.1 Å². The second-order valence-corrected chi connectivity index (χ2v) is 4.05. The number of halogens is 6. The molecule has 1 fully saturated rings. The molecule has 0 aromatic carbocycles. The van der Waals surface area contributed by atoms with Crippen molar-refractivity contribution < 1.29 is 41.0 Å². The molecule has 1 heterocycles. The second-order valence-electron chi connectivity index (χ2n) is 4.05. The Hall–Kier alpha value is -1.48. The first-order chi connectivity index (χ1) is 8.46. The zero-order valence-electron chi connectivity index (χ0n) is 9.25. The van der Waals surface area contributed by atoms with Gasteiger partial charge in [0.05, 0.1) is 0 Å². The molecular weight excluding hydrogens is 284 g/mol. The minimum atomic E-state index is -5.55. The molecule has 1 rings (SSSR count). The molecule has 19 heavy (non-hydrogen) atoms. The first-order valence-electron chi connectivity index (χ1n) is 5.15. The number of carboxylic acid groups (broad SMARTS) is 1. The van der Waals surface area contributed by atoms with E-state index in [1.165, 1.54) is 0 Å². The molecular formula is C9H9F6NO3. The Bertz CT molecular complexity index is 377. The molecule has 10 heteroatoms. The Morgan fingerprint density at radius 1 is 1.05 bits per heavy atom. The molecule has 1 saturated heterocycles. The lowest BCUT2D eigenvalue weighted by molar-refractivity contribution is -0.226. The summed E-state index contributed by atoms with van der Waals surface area (Å²) in [4.78, 5) is 21.2. The molecule has 0 bridgehead atoms. The number of likely N-dealkylation sites (tertiary alicyclic amines) is 1. The highest BCUT2D eigenvalue weighted by Gasteiger charge is 2.56. The quantitative estimate of drug-likeness (QED) is 0.752. The van der Waals surface area contributed by atoms with Crippen LogP contribution < -0.4 is 0 Å². The van der Waals surface area contributed by atoms with Gasteiger partial charge in [-0.2, -0.15) is 26.3 Å². The van der Waals surface area contributed by atoms with E-state index in [4.69, 9.17) is 5.11 Å². The van der Waals surface area contributed by atoms with Crippen molar-refractivity contribution in [2.75, 3.05) is 0 Å². The van der Waals surface area contributed by atoms with Crippen molar-refractivity contribution in [1.29, 1.82) is 0 Å². The van der Waals surface area contributed by atoms with Gasteiger partial charge in [0.25, 0.3) is 0 Å². The number of hydrogen-bond donors (Lipinski definition) is 1. The standard InChI is InChI=1S/C9H9F6NO3/c10-8(11,12)5-3-1-2-4(6(17)18)16(5)7(19)9(13,14)15/h4-5H,1-3H2,(H,17,18)/t4-,5+/m0/s1. The summed E-state index contributed by atoms with van der Waals surface area (Å²) in [7, 11) is 0. The topological polar surface area (TPSA) is 57.6 Å². The smallest absolute Gasteiger partial charge is 0.471 e. The minimum Gasteiger partial charge on any atom is -0.480 e. The van der Waals surface area contributed by atoms with E-state index in [2.05, 4.69) is 0 Å². The van der Waals surface area contributed by atoms with Crippen molar-refractivity contribution in [2.24, 2.45) is 0 Å². The van der Waals surface area contributed by atoms with Crippen molar-refractivity contribution in [3.05, 3.63) is 0 Å². The van der Waals surface area contributed by atoms with Crippen LogP contribution in [0.4, 0.5) is 26.3 Å². The zero-order valence-corrected chi connectivity index (χ0v) is 9.25. The monoisotopic (exact) mass is 293 g/mol. The van der Waals surface area contributed by atoms with Gasteiger partial charge in [-0.1, -0.05) is 0 Å². The van der Waals surface area contributed by atoms with Crippen LogP contribution in [-0.2, 0) is 9.59 Å². The SMILES string of the molecule is O=C(O)[C@@H]1CCC[C@H](C(F)(F)F)N1C(=O)C(F)(F)F. The predicted molar refractivity (Wildman–Crippen MR) is 48.0 cm³/mol. The number of hydrogen-bond acceptors (Lipinski definition) is 2. The van der Waals surface area contributed by atoms with Crippen LogP contribution in [0.2, 0.25) is 0 Å². The van der Waals surface area contributed by atoms with E-state index in [1.54, 1.807) is 0 Å². The fourth-order valence-corrected chi connectivity index (χ4v) is 1.99. The summed E-state index contributed by atoms with van der Waals surface area (Å²) in [6.45, 7) is 0. The van der Waals surface area contributed by atoms with Crippen molar-refractivity contribution >= 4 is 11.9 Å². The number of alkyl halides is 6. The largest absolute Gasteiger partial charge is 0.480 e. The summed E-state index contributed by atoms with van der Waals surface area (Å²) < 4.78 is 74.7. The van der Waals surface area contributed by atoms with Crippen LogP contribution in [0.5, 0.6) is 0 Å². The number of aliphatic carboxylic acids is 1. The molecule has 0 spiro atoms. The Balaban J connectivity index is 3.18. The minimum absolute atomic E-state index is 0.219. The van der Waals surface area contributed by atoms with Gasteiger partial charge in [-0.3, -0.25) is 4.79 Å². The van der Waals surface area contributed by atoms with Crippen molar-refractivity contribution in [1.82, 2.24) is 4.90 Å². The summed E-state index contributed by atoms with van der Waals surface area (Å²) in [5.74, 6) is -4.66. The van der Waals surface area contributed by atoms with Gasteiger partial charge in [0, 0.05) is 0 Å². The zero-order chi connectivity index (χ0) is 15.0. The third kappa shape index (κ3) is 3.29. The molecule has 0 aromatic heterocycles. The average molecular weight is 293 g/mol. The highest BCUT2D eigenvalue weighted by atomic mass is 19.4. The van der Waals surface area contributed by atoms with Crippen LogP contribution in [0.1, 0.15) is 19.3 Å². The highest BCUT2D eigenvalue weighted by Crippen LogP contribution is 2.37. The maximum absolute atomic E-state index is 12.6. The Morgan fingerprint density at radius 2 is 1.58 bits per heavy atom. The Morgan fingerprint density at radius 3 is 1.95 bits per heavy atom. The average Bonchev–Trinajstić information content (AvgIpc) is 2.24. The Labute approximate surface area is 103 Å². The van der Waals surface area contributed by atoms with Gasteiger partial charge in [0.15, 0.2) is 0 Å². The molecule has 1 aliphatic heterocycles. The van der Waals surface area contributed by atoms with Gasteiger partial charge in [0.1, 0.15) is 12.1 Å². The van der Waals surface area contributed by atoms with E-state index in [1.807, 2.05) is 0 Å². The van der Waals surface area contributed by atoms with Gasteiger partial charge in [-0.15, -0.1) is 0 Å². The van der Waals surface area contributed by atoms with E-state index >= 15 is 0 Å². The van der Waals surface area contributed by atoms with Crippen molar-refractivity contribution in [3.8, 4) is 0 Å². The van der Waals surface area contributed by atoms with Gasteiger partial charge >= 0.3 is 24.2 Å².